The number of hydrogen-bond donors (Lipinski definition) is 0. The van der Waals surface area contributed by atoms with E-state index in [0.29, 0.717) is 19.6 Å². The van der Waals surface area contributed by atoms with E-state index in [0.717, 1.165) is 19.3 Å². The summed E-state index contributed by atoms with van der Waals surface area (Å²) in [5.41, 5.74) is 1.36. The molecular weight excluding hydrogens is 300 g/mol. The van der Waals surface area contributed by atoms with Crippen LogP contribution < -0.4 is 0 Å². The van der Waals surface area contributed by atoms with Crippen molar-refractivity contribution in [2.75, 3.05) is 32.4 Å². The molecule has 0 bridgehead atoms. The third-order valence-electron chi connectivity index (χ3n) is 4.23. The summed E-state index contributed by atoms with van der Waals surface area (Å²) < 4.78 is 25.3. The molecule has 0 atom stereocenters. The van der Waals surface area contributed by atoms with Gasteiger partial charge in [-0.05, 0) is 46.0 Å². The van der Waals surface area contributed by atoms with Gasteiger partial charge >= 0.3 is 0 Å². The van der Waals surface area contributed by atoms with E-state index in [2.05, 4.69) is 6.08 Å². The molecule has 1 rings (SSSR count). The maximum atomic E-state index is 12.0. The average molecular weight is 330 g/mol. The molecule has 1 aliphatic carbocycles. The number of nitrogens with zero attached hydrogens (tertiary/aromatic N) is 2. The largest absolute Gasteiger partial charge is 0.343 e. The molecule has 0 aliphatic heterocycles. The van der Waals surface area contributed by atoms with Gasteiger partial charge in [0.25, 0.3) is 0 Å². The van der Waals surface area contributed by atoms with Crippen LogP contribution in [0.1, 0.15) is 52.4 Å². The van der Waals surface area contributed by atoms with Gasteiger partial charge in [-0.2, -0.15) is 0 Å². The predicted octanol–water partition coefficient (Wildman–Crippen LogP) is 2.40. The van der Waals surface area contributed by atoms with E-state index in [1.54, 1.807) is 4.90 Å². The SMILES string of the molecule is CCN(CC)C(=O)CCN(CCC1=CCCCC1)S(C)(=O)=O. The number of amides is 1. The summed E-state index contributed by atoms with van der Waals surface area (Å²) >= 11 is 0. The number of carbonyl (C=O) groups excluding carboxylic acids is 1. The Morgan fingerprint density at radius 1 is 1.18 bits per heavy atom. The predicted molar refractivity (Wildman–Crippen MR) is 90.1 cm³/mol. The smallest absolute Gasteiger partial charge is 0.223 e. The van der Waals surface area contributed by atoms with Crippen molar-refractivity contribution in [1.82, 2.24) is 9.21 Å². The zero-order chi connectivity index (χ0) is 16.6. The Morgan fingerprint density at radius 2 is 1.86 bits per heavy atom. The van der Waals surface area contributed by atoms with Gasteiger partial charge in [0.2, 0.25) is 15.9 Å². The molecular formula is C16H30N2O3S. The van der Waals surface area contributed by atoms with Gasteiger partial charge in [0, 0.05) is 32.6 Å². The fourth-order valence-corrected chi connectivity index (χ4v) is 3.64. The fourth-order valence-electron chi connectivity index (χ4n) is 2.80. The number of sulfonamides is 1. The van der Waals surface area contributed by atoms with Crippen LogP contribution in [0.4, 0.5) is 0 Å². The van der Waals surface area contributed by atoms with Crippen molar-refractivity contribution in [3.63, 3.8) is 0 Å². The number of carbonyl (C=O) groups is 1. The third kappa shape index (κ3) is 6.48. The Labute approximate surface area is 135 Å². The first-order chi connectivity index (χ1) is 10.4. The fraction of sp³-hybridized carbons (Fsp3) is 0.812. The van der Waals surface area contributed by atoms with Gasteiger partial charge < -0.3 is 4.90 Å². The summed E-state index contributed by atoms with van der Waals surface area (Å²) in [6.07, 6.45) is 9.13. The summed E-state index contributed by atoms with van der Waals surface area (Å²) in [5.74, 6) is 0.0236. The average Bonchev–Trinajstić information content (AvgIpc) is 2.48. The number of allylic oxidation sites excluding steroid dienone is 1. The van der Waals surface area contributed by atoms with Crippen molar-refractivity contribution in [1.29, 1.82) is 0 Å². The molecule has 1 amide bonds. The molecule has 0 saturated heterocycles. The molecule has 0 fully saturated rings. The van der Waals surface area contributed by atoms with Crippen LogP contribution in [-0.2, 0) is 14.8 Å². The van der Waals surface area contributed by atoms with E-state index >= 15 is 0 Å². The Hall–Kier alpha value is -0.880. The highest BCUT2D eigenvalue weighted by molar-refractivity contribution is 7.88. The molecule has 0 heterocycles. The molecule has 0 unspecified atom stereocenters. The van der Waals surface area contributed by atoms with E-state index < -0.39 is 10.0 Å². The lowest BCUT2D eigenvalue weighted by Gasteiger charge is -2.23. The number of rotatable bonds is 9. The molecule has 5 nitrogen and oxygen atoms in total. The van der Waals surface area contributed by atoms with Crippen molar-refractivity contribution in [2.45, 2.75) is 52.4 Å². The van der Waals surface area contributed by atoms with Crippen LogP contribution in [0, 0.1) is 0 Å². The van der Waals surface area contributed by atoms with Crippen LogP contribution >= 0.6 is 0 Å². The Morgan fingerprint density at radius 3 is 2.36 bits per heavy atom. The van der Waals surface area contributed by atoms with Crippen LogP contribution in [0.3, 0.4) is 0 Å². The van der Waals surface area contributed by atoms with Crippen LogP contribution in [0.15, 0.2) is 11.6 Å². The zero-order valence-electron chi connectivity index (χ0n) is 14.2. The summed E-state index contributed by atoms with van der Waals surface area (Å²) in [6, 6.07) is 0. The highest BCUT2D eigenvalue weighted by Crippen LogP contribution is 2.20. The molecule has 0 aromatic rings. The molecule has 6 heteroatoms. The lowest BCUT2D eigenvalue weighted by molar-refractivity contribution is -0.130. The van der Waals surface area contributed by atoms with Crippen molar-refractivity contribution < 1.29 is 13.2 Å². The maximum absolute atomic E-state index is 12.0. The second-order valence-electron chi connectivity index (χ2n) is 5.84. The van der Waals surface area contributed by atoms with Crippen molar-refractivity contribution in [3.05, 3.63) is 11.6 Å². The minimum Gasteiger partial charge on any atom is -0.343 e. The van der Waals surface area contributed by atoms with Gasteiger partial charge in [-0.25, -0.2) is 12.7 Å². The van der Waals surface area contributed by atoms with Gasteiger partial charge in [0.05, 0.1) is 6.26 Å². The van der Waals surface area contributed by atoms with Gasteiger partial charge in [-0.1, -0.05) is 11.6 Å². The van der Waals surface area contributed by atoms with Crippen LogP contribution in [0.25, 0.3) is 0 Å². The normalized spacial score (nSPS) is 15.7. The minimum absolute atomic E-state index is 0.0236. The van der Waals surface area contributed by atoms with Gasteiger partial charge in [-0.3, -0.25) is 4.79 Å². The van der Waals surface area contributed by atoms with E-state index in [1.807, 2.05) is 13.8 Å². The lowest BCUT2D eigenvalue weighted by Crippen LogP contribution is -2.37. The van der Waals surface area contributed by atoms with E-state index in [9.17, 15) is 13.2 Å². The monoisotopic (exact) mass is 330 g/mol. The molecule has 0 aromatic heterocycles. The molecule has 0 saturated carbocycles. The highest BCUT2D eigenvalue weighted by Gasteiger charge is 2.19. The topological polar surface area (TPSA) is 57.7 Å². The lowest BCUT2D eigenvalue weighted by atomic mass is 9.97. The Balaban J connectivity index is 2.54. The van der Waals surface area contributed by atoms with Crippen molar-refractivity contribution >= 4 is 15.9 Å². The first-order valence-electron chi connectivity index (χ1n) is 8.29. The molecule has 22 heavy (non-hydrogen) atoms. The Bertz CT molecular complexity index is 482. The first-order valence-corrected chi connectivity index (χ1v) is 10.1. The zero-order valence-corrected chi connectivity index (χ0v) is 15.0. The van der Waals surface area contributed by atoms with Gasteiger partial charge in [-0.15, -0.1) is 0 Å². The standard InChI is InChI=1S/C16H30N2O3S/c1-4-17(5-2)16(19)12-14-18(22(3,20)21)13-11-15-9-7-6-8-10-15/h9H,4-8,10-14H2,1-3H3. The molecule has 128 valence electrons. The highest BCUT2D eigenvalue weighted by atomic mass is 32.2. The van der Waals surface area contributed by atoms with Gasteiger partial charge in [0.1, 0.15) is 0 Å². The van der Waals surface area contributed by atoms with Gasteiger partial charge in [0.15, 0.2) is 0 Å². The van der Waals surface area contributed by atoms with E-state index in [4.69, 9.17) is 0 Å². The first kappa shape index (κ1) is 19.2. The summed E-state index contributed by atoms with van der Waals surface area (Å²) in [5, 5.41) is 0. The third-order valence-corrected chi connectivity index (χ3v) is 5.53. The molecule has 0 N–H and O–H groups in total. The second-order valence-corrected chi connectivity index (χ2v) is 7.82. The quantitative estimate of drug-likeness (QED) is 0.610. The van der Waals surface area contributed by atoms with Crippen molar-refractivity contribution in [2.24, 2.45) is 0 Å². The van der Waals surface area contributed by atoms with E-state index in [-0.39, 0.29) is 18.9 Å². The summed E-state index contributed by atoms with van der Waals surface area (Å²) in [7, 11) is -3.27. The van der Waals surface area contributed by atoms with E-state index in [1.165, 1.54) is 29.0 Å². The second kappa shape index (κ2) is 9.30. The van der Waals surface area contributed by atoms with Crippen LogP contribution in [0.2, 0.25) is 0 Å². The van der Waals surface area contributed by atoms with Crippen LogP contribution in [-0.4, -0.2) is 56.0 Å². The van der Waals surface area contributed by atoms with Crippen molar-refractivity contribution in [3.8, 4) is 0 Å². The summed E-state index contributed by atoms with van der Waals surface area (Å²) in [4.78, 5) is 13.8. The molecule has 0 spiro atoms. The molecule has 0 radical (unpaired) electrons. The van der Waals surface area contributed by atoms with Crippen LogP contribution in [0.5, 0.6) is 0 Å². The molecule has 1 aliphatic rings. The number of hydrogen-bond acceptors (Lipinski definition) is 3. The summed E-state index contributed by atoms with van der Waals surface area (Å²) in [6.45, 7) is 5.97. The molecule has 0 aromatic carbocycles. The minimum atomic E-state index is -3.27. The Kier molecular flexibility index (Phi) is 8.10. The maximum Gasteiger partial charge on any atom is 0.223 e.